The number of nitrogens with zero attached hydrogens (tertiary/aromatic N) is 2. The van der Waals surface area contributed by atoms with Crippen LogP contribution in [0, 0.1) is 24.0 Å². The van der Waals surface area contributed by atoms with Crippen LogP contribution in [-0.4, -0.2) is 9.91 Å². The Bertz CT molecular complexity index is 542. The fraction of sp³-hybridized carbons (Fsp3) is 0.154. The van der Waals surface area contributed by atoms with E-state index in [0.717, 1.165) is 22.4 Å². The van der Waals surface area contributed by atoms with Crippen molar-refractivity contribution >= 4 is 5.69 Å². The molecule has 0 N–H and O–H groups in total. The molecule has 0 unspecified atom stereocenters. The maximum absolute atomic E-state index is 10.5. The van der Waals surface area contributed by atoms with Crippen molar-refractivity contribution in [3.8, 4) is 11.3 Å². The Balaban J connectivity index is 2.50. The zero-order valence-corrected chi connectivity index (χ0v) is 9.68. The summed E-state index contributed by atoms with van der Waals surface area (Å²) >= 11 is 0. The molecule has 0 aliphatic heterocycles. The third-order valence-corrected chi connectivity index (χ3v) is 2.70. The molecule has 0 saturated carbocycles. The Hall–Kier alpha value is -2.23. The van der Waals surface area contributed by atoms with E-state index in [0.29, 0.717) is 0 Å². The lowest BCUT2D eigenvalue weighted by Crippen LogP contribution is -1.93. The Morgan fingerprint density at radius 3 is 2.24 bits per heavy atom. The van der Waals surface area contributed by atoms with E-state index in [9.17, 15) is 10.1 Å². The summed E-state index contributed by atoms with van der Waals surface area (Å²) in [5.41, 5.74) is 4.06. The van der Waals surface area contributed by atoms with Crippen LogP contribution < -0.4 is 0 Å². The van der Waals surface area contributed by atoms with E-state index in [4.69, 9.17) is 0 Å². The molecule has 0 aliphatic rings. The highest BCUT2D eigenvalue weighted by molar-refractivity contribution is 5.67. The number of aromatic nitrogens is 1. The summed E-state index contributed by atoms with van der Waals surface area (Å²) in [4.78, 5) is 14.3. The second-order valence-electron chi connectivity index (χ2n) is 3.93. The van der Waals surface area contributed by atoms with Crippen molar-refractivity contribution in [2.45, 2.75) is 13.8 Å². The molecule has 0 atom stereocenters. The molecule has 0 bridgehead atoms. The van der Waals surface area contributed by atoms with Gasteiger partial charge in [0.05, 0.1) is 10.6 Å². The van der Waals surface area contributed by atoms with Gasteiger partial charge in [0.2, 0.25) is 0 Å². The van der Waals surface area contributed by atoms with E-state index in [2.05, 4.69) is 4.98 Å². The fourth-order valence-corrected chi connectivity index (χ4v) is 1.86. The maximum atomic E-state index is 10.5. The third-order valence-electron chi connectivity index (χ3n) is 2.70. The molecular formula is C13H12N2O2. The number of benzene rings is 1. The van der Waals surface area contributed by atoms with Gasteiger partial charge in [-0.3, -0.25) is 10.1 Å². The van der Waals surface area contributed by atoms with Crippen LogP contribution in [0.2, 0.25) is 0 Å². The summed E-state index contributed by atoms with van der Waals surface area (Å²) in [5.74, 6) is 0. The number of rotatable bonds is 2. The lowest BCUT2D eigenvalue weighted by molar-refractivity contribution is -0.385. The lowest BCUT2D eigenvalue weighted by Gasteiger charge is -2.08. The molecule has 17 heavy (non-hydrogen) atoms. The molecule has 0 aliphatic carbocycles. The average Bonchev–Trinajstić information content (AvgIpc) is 2.29. The molecule has 0 fully saturated rings. The molecule has 2 aromatic rings. The average molecular weight is 228 g/mol. The minimum atomic E-state index is -0.443. The minimum Gasteiger partial charge on any atom is -0.258 e. The monoisotopic (exact) mass is 228 g/mol. The highest BCUT2D eigenvalue weighted by Gasteiger charge is 2.09. The van der Waals surface area contributed by atoms with Crippen LogP contribution in [0.3, 0.4) is 0 Å². The second-order valence-corrected chi connectivity index (χ2v) is 3.93. The topological polar surface area (TPSA) is 56.0 Å². The predicted molar refractivity (Wildman–Crippen MR) is 65.8 cm³/mol. The highest BCUT2D eigenvalue weighted by Crippen LogP contribution is 2.26. The number of nitro groups is 1. The largest absolute Gasteiger partial charge is 0.287 e. The first-order valence-electron chi connectivity index (χ1n) is 5.26. The van der Waals surface area contributed by atoms with E-state index in [-0.39, 0.29) is 5.69 Å². The van der Waals surface area contributed by atoms with Gasteiger partial charge in [0.1, 0.15) is 6.20 Å². The van der Waals surface area contributed by atoms with Gasteiger partial charge in [-0.05, 0) is 31.0 Å². The van der Waals surface area contributed by atoms with Crippen molar-refractivity contribution in [2.24, 2.45) is 0 Å². The Labute approximate surface area is 99.1 Å². The van der Waals surface area contributed by atoms with Crippen LogP contribution in [0.15, 0.2) is 36.5 Å². The molecule has 4 heteroatoms. The smallest absolute Gasteiger partial charge is 0.258 e. The number of hydrogen-bond acceptors (Lipinski definition) is 3. The molecule has 4 nitrogen and oxygen atoms in total. The third kappa shape index (κ3) is 2.15. The van der Waals surface area contributed by atoms with E-state index in [1.54, 1.807) is 6.07 Å². The van der Waals surface area contributed by atoms with Gasteiger partial charge in [-0.1, -0.05) is 18.2 Å². The van der Waals surface area contributed by atoms with Crippen molar-refractivity contribution < 1.29 is 4.92 Å². The standard InChI is InChI=1S/C13H12N2O2/c1-9-4-3-5-10(2)13(9)12-7-6-11(8-14-12)15(16)17/h3-8H,1-2H3. The van der Waals surface area contributed by atoms with Crippen LogP contribution in [-0.2, 0) is 0 Å². The summed E-state index contributed by atoms with van der Waals surface area (Å²) < 4.78 is 0. The SMILES string of the molecule is Cc1cccc(C)c1-c1ccc([N+](=O)[O-])cn1. The zero-order chi connectivity index (χ0) is 12.4. The molecule has 0 spiro atoms. The van der Waals surface area contributed by atoms with Crippen LogP contribution >= 0.6 is 0 Å². The van der Waals surface area contributed by atoms with Crippen LogP contribution in [0.4, 0.5) is 5.69 Å². The lowest BCUT2D eigenvalue weighted by atomic mass is 10.00. The van der Waals surface area contributed by atoms with E-state index in [1.165, 1.54) is 12.3 Å². The van der Waals surface area contributed by atoms with Gasteiger partial charge < -0.3 is 0 Å². The normalized spacial score (nSPS) is 10.2. The van der Waals surface area contributed by atoms with Gasteiger partial charge in [0.25, 0.3) is 5.69 Å². The van der Waals surface area contributed by atoms with Crippen molar-refractivity contribution in [3.05, 3.63) is 57.8 Å². The Morgan fingerprint density at radius 2 is 1.76 bits per heavy atom. The van der Waals surface area contributed by atoms with Gasteiger partial charge in [-0.25, -0.2) is 4.98 Å². The summed E-state index contributed by atoms with van der Waals surface area (Å²) in [7, 11) is 0. The molecule has 0 radical (unpaired) electrons. The van der Waals surface area contributed by atoms with E-state index in [1.807, 2.05) is 32.0 Å². The van der Waals surface area contributed by atoms with Crippen molar-refractivity contribution in [1.29, 1.82) is 0 Å². The Kier molecular flexibility index (Phi) is 2.87. The predicted octanol–water partition coefficient (Wildman–Crippen LogP) is 3.27. The van der Waals surface area contributed by atoms with Crippen LogP contribution in [0.5, 0.6) is 0 Å². The molecule has 86 valence electrons. The Morgan fingerprint density at radius 1 is 1.12 bits per heavy atom. The van der Waals surface area contributed by atoms with Crippen molar-refractivity contribution in [1.82, 2.24) is 4.98 Å². The molecule has 1 aromatic heterocycles. The molecule has 2 rings (SSSR count). The van der Waals surface area contributed by atoms with Gasteiger partial charge >= 0.3 is 0 Å². The van der Waals surface area contributed by atoms with Gasteiger partial charge in [0, 0.05) is 11.6 Å². The quantitative estimate of drug-likeness (QED) is 0.585. The summed E-state index contributed by atoms with van der Waals surface area (Å²) in [6.45, 7) is 4.01. The molecule has 0 saturated heterocycles. The molecular weight excluding hydrogens is 216 g/mol. The van der Waals surface area contributed by atoms with Crippen LogP contribution in [0.25, 0.3) is 11.3 Å². The van der Waals surface area contributed by atoms with Gasteiger partial charge in [-0.2, -0.15) is 0 Å². The fourth-order valence-electron chi connectivity index (χ4n) is 1.86. The second kappa shape index (κ2) is 4.33. The summed E-state index contributed by atoms with van der Waals surface area (Å²) in [6.07, 6.45) is 1.29. The first kappa shape index (κ1) is 11.3. The molecule has 0 amide bonds. The zero-order valence-electron chi connectivity index (χ0n) is 9.68. The van der Waals surface area contributed by atoms with Crippen molar-refractivity contribution in [2.75, 3.05) is 0 Å². The van der Waals surface area contributed by atoms with Gasteiger partial charge in [-0.15, -0.1) is 0 Å². The van der Waals surface area contributed by atoms with Gasteiger partial charge in [0.15, 0.2) is 0 Å². The summed E-state index contributed by atoms with van der Waals surface area (Å²) in [5, 5.41) is 10.5. The number of aryl methyl sites for hydroxylation is 2. The molecule has 1 aromatic carbocycles. The van der Waals surface area contributed by atoms with Crippen molar-refractivity contribution in [3.63, 3.8) is 0 Å². The van der Waals surface area contributed by atoms with E-state index >= 15 is 0 Å². The van der Waals surface area contributed by atoms with Crippen LogP contribution in [0.1, 0.15) is 11.1 Å². The maximum Gasteiger partial charge on any atom is 0.287 e. The summed E-state index contributed by atoms with van der Waals surface area (Å²) in [6, 6.07) is 9.16. The first-order valence-corrected chi connectivity index (χ1v) is 5.26. The first-order chi connectivity index (χ1) is 8.09. The highest BCUT2D eigenvalue weighted by atomic mass is 16.6. The molecule has 1 heterocycles. The number of pyridine rings is 1. The number of hydrogen-bond donors (Lipinski definition) is 0. The minimum absolute atomic E-state index is 0.0139. The van der Waals surface area contributed by atoms with E-state index < -0.39 is 4.92 Å².